The Bertz CT molecular complexity index is 642. The van der Waals surface area contributed by atoms with Crippen molar-refractivity contribution in [3.8, 4) is 5.75 Å². The number of unbranched alkanes of at least 4 members (excludes halogenated alkanes) is 1. The molecule has 0 radical (unpaired) electrons. The van der Waals surface area contributed by atoms with Gasteiger partial charge in [-0.2, -0.15) is 0 Å². The molecule has 1 aromatic rings. The fourth-order valence-corrected chi connectivity index (χ4v) is 3.81. The van der Waals surface area contributed by atoms with Gasteiger partial charge in [-0.05, 0) is 31.9 Å². The van der Waals surface area contributed by atoms with Gasteiger partial charge in [-0.15, -0.1) is 0 Å². The van der Waals surface area contributed by atoms with Crippen LogP contribution in [-0.2, 0) is 4.74 Å². The number of hydrogen-bond acceptors (Lipinski definition) is 5. The normalized spacial score (nSPS) is 21.0. The Hall–Kier alpha value is -1.46. The van der Waals surface area contributed by atoms with Crippen LogP contribution in [0, 0.1) is 0 Å². The zero-order valence-electron chi connectivity index (χ0n) is 15.0. The van der Waals surface area contributed by atoms with Crippen molar-refractivity contribution in [1.82, 2.24) is 4.90 Å². The fourth-order valence-electron chi connectivity index (χ4n) is 3.60. The highest BCUT2D eigenvalue weighted by molar-refractivity contribution is 6.33. The molecule has 1 unspecified atom stereocenters. The van der Waals surface area contributed by atoms with Crippen LogP contribution in [0.15, 0.2) is 6.07 Å². The van der Waals surface area contributed by atoms with E-state index in [0.717, 1.165) is 38.0 Å². The van der Waals surface area contributed by atoms with E-state index >= 15 is 0 Å². The molecule has 1 aromatic carbocycles. The largest absolute Gasteiger partial charge is 0.492 e. The van der Waals surface area contributed by atoms with E-state index in [1.165, 1.54) is 12.8 Å². The molecule has 2 aliphatic rings. The minimum atomic E-state index is -0.362. The number of carbonyl (C=O) groups excluding carboxylic acids is 1. The van der Waals surface area contributed by atoms with Crippen LogP contribution in [0.1, 0.15) is 61.4 Å². The molecule has 138 valence electrons. The van der Waals surface area contributed by atoms with Crippen molar-refractivity contribution in [2.45, 2.75) is 51.6 Å². The zero-order chi connectivity index (χ0) is 18.0. The van der Waals surface area contributed by atoms with Crippen molar-refractivity contribution in [3.63, 3.8) is 0 Å². The molecular formula is C19H27ClN2O3. The standard InChI is InChI=1S/C19H27ClN2O3/c1-3-4-7-22-8-5-13(6-9-22)25-19(23)14-10-15(20)17(21)16-12(2)11-24-18(14)16/h10,12-13H,3-9,11,21H2,1-2H3. The third-order valence-corrected chi connectivity index (χ3v) is 5.45. The third-order valence-electron chi connectivity index (χ3n) is 5.13. The second-order valence-electron chi connectivity index (χ2n) is 7.07. The molecule has 1 fully saturated rings. The summed E-state index contributed by atoms with van der Waals surface area (Å²) in [5, 5.41) is 0.387. The van der Waals surface area contributed by atoms with Gasteiger partial charge >= 0.3 is 5.97 Å². The van der Waals surface area contributed by atoms with Gasteiger partial charge in [-0.3, -0.25) is 0 Å². The number of piperidine rings is 1. The first kappa shape index (κ1) is 18.3. The summed E-state index contributed by atoms with van der Waals surface area (Å²) in [6, 6.07) is 1.58. The van der Waals surface area contributed by atoms with Crippen molar-refractivity contribution in [2.24, 2.45) is 0 Å². The van der Waals surface area contributed by atoms with Gasteiger partial charge < -0.3 is 20.1 Å². The number of nitrogen functional groups attached to an aromatic ring is 1. The Kier molecular flexibility index (Phi) is 5.74. The van der Waals surface area contributed by atoms with Crippen molar-refractivity contribution in [1.29, 1.82) is 0 Å². The molecule has 2 aliphatic heterocycles. The predicted octanol–water partition coefficient (Wildman–Crippen LogP) is 3.84. The Morgan fingerprint density at radius 2 is 2.16 bits per heavy atom. The first-order chi connectivity index (χ1) is 12.0. The van der Waals surface area contributed by atoms with Crippen LogP contribution in [-0.4, -0.2) is 43.2 Å². The van der Waals surface area contributed by atoms with Gasteiger partial charge in [0.2, 0.25) is 0 Å². The maximum Gasteiger partial charge on any atom is 0.342 e. The van der Waals surface area contributed by atoms with Crippen LogP contribution in [0.2, 0.25) is 5.02 Å². The molecule has 1 saturated heterocycles. The molecule has 5 nitrogen and oxygen atoms in total. The summed E-state index contributed by atoms with van der Waals surface area (Å²) in [7, 11) is 0. The van der Waals surface area contributed by atoms with Gasteiger partial charge in [0, 0.05) is 24.6 Å². The number of nitrogens with zero attached hydrogens (tertiary/aromatic N) is 1. The number of hydrogen-bond donors (Lipinski definition) is 1. The molecule has 0 aliphatic carbocycles. The smallest absolute Gasteiger partial charge is 0.342 e. The molecule has 6 heteroatoms. The molecule has 2 N–H and O–H groups in total. The molecule has 1 atom stereocenters. The molecule has 0 spiro atoms. The summed E-state index contributed by atoms with van der Waals surface area (Å²) < 4.78 is 11.4. The van der Waals surface area contributed by atoms with Gasteiger partial charge in [0.05, 0.1) is 17.3 Å². The lowest BCUT2D eigenvalue weighted by molar-refractivity contribution is 0.0110. The Morgan fingerprint density at radius 3 is 2.84 bits per heavy atom. The summed E-state index contributed by atoms with van der Waals surface area (Å²) in [5.74, 6) is 0.307. The molecule has 2 heterocycles. The van der Waals surface area contributed by atoms with Crippen molar-refractivity contribution in [3.05, 3.63) is 22.2 Å². The Balaban J connectivity index is 1.66. The maximum atomic E-state index is 12.7. The lowest BCUT2D eigenvalue weighted by Crippen LogP contribution is -2.38. The molecule has 0 saturated carbocycles. The third kappa shape index (κ3) is 3.87. The average Bonchev–Trinajstić information content (AvgIpc) is 2.99. The average molecular weight is 367 g/mol. The lowest BCUT2D eigenvalue weighted by Gasteiger charge is -2.31. The lowest BCUT2D eigenvalue weighted by atomic mass is 9.98. The van der Waals surface area contributed by atoms with Crippen molar-refractivity contribution >= 4 is 23.3 Å². The van der Waals surface area contributed by atoms with Crippen molar-refractivity contribution in [2.75, 3.05) is 32.0 Å². The summed E-state index contributed by atoms with van der Waals surface area (Å²) >= 11 is 6.22. The van der Waals surface area contributed by atoms with E-state index in [1.54, 1.807) is 6.07 Å². The highest BCUT2D eigenvalue weighted by atomic mass is 35.5. The van der Waals surface area contributed by atoms with E-state index in [9.17, 15) is 4.79 Å². The fraction of sp³-hybridized carbons (Fsp3) is 0.632. The highest BCUT2D eigenvalue weighted by Crippen LogP contribution is 2.44. The number of ether oxygens (including phenoxy) is 2. The Labute approximate surface area is 154 Å². The number of anilines is 1. The van der Waals surface area contributed by atoms with Crippen LogP contribution < -0.4 is 10.5 Å². The van der Waals surface area contributed by atoms with Crippen LogP contribution in [0.5, 0.6) is 5.75 Å². The van der Waals surface area contributed by atoms with Crippen LogP contribution in [0.3, 0.4) is 0 Å². The number of esters is 1. The van der Waals surface area contributed by atoms with Gasteiger partial charge in [0.1, 0.15) is 17.4 Å². The maximum absolute atomic E-state index is 12.7. The number of likely N-dealkylation sites (tertiary alicyclic amines) is 1. The summed E-state index contributed by atoms with van der Waals surface area (Å²) in [6.07, 6.45) is 4.12. The van der Waals surface area contributed by atoms with Crippen LogP contribution in [0.4, 0.5) is 5.69 Å². The van der Waals surface area contributed by atoms with Gasteiger partial charge in [0.25, 0.3) is 0 Å². The van der Waals surface area contributed by atoms with E-state index in [-0.39, 0.29) is 18.0 Å². The van der Waals surface area contributed by atoms with Crippen LogP contribution in [0.25, 0.3) is 0 Å². The van der Waals surface area contributed by atoms with Gasteiger partial charge in [-0.1, -0.05) is 31.9 Å². The second kappa shape index (κ2) is 7.83. The molecule has 0 amide bonds. The Morgan fingerprint density at radius 1 is 1.44 bits per heavy atom. The number of nitrogens with two attached hydrogens (primary N) is 1. The molecule has 0 bridgehead atoms. The number of fused-ring (bicyclic) bond motifs is 1. The minimum absolute atomic E-state index is 0.0452. The molecule has 0 aromatic heterocycles. The molecule has 3 rings (SSSR count). The predicted molar refractivity (Wildman–Crippen MR) is 99.6 cm³/mol. The topological polar surface area (TPSA) is 64.8 Å². The van der Waals surface area contributed by atoms with E-state index < -0.39 is 0 Å². The minimum Gasteiger partial charge on any atom is -0.492 e. The van der Waals surface area contributed by atoms with E-state index in [1.807, 2.05) is 6.92 Å². The first-order valence-corrected chi connectivity index (χ1v) is 9.57. The number of benzene rings is 1. The quantitative estimate of drug-likeness (QED) is 0.633. The first-order valence-electron chi connectivity index (χ1n) is 9.19. The van der Waals surface area contributed by atoms with E-state index in [4.69, 9.17) is 26.8 Å². The number of rotatable bonds is 5. The molecular weight excluding hydrogens is 340 g/mol. The zero-order valence-corrected chi connectivity index (χ0v) is 15.8. The van der Waals surface area contributed by atoms with E-state index in [0.29, 0.717) is 28.6 Å². The SMILES string of the molecule is CCCCN1CCC(OC(=O)c2cc(Cl)c(N)c3c2OCC3C)CC1. The summed E-state index contributed by atoms with van der Waals surface area (Å²) in [6.45, 7) is 7.81. The number of carbonyl (C=O) groups is 1. The van der Waals surface area contributed by atoms with Gasteiger partial charge in [-0.25, -0.2) is 4.79 Å². The summed E-state index contributed by atoms with van der Waals surface area (Å²) in [4.78, 5) is 15.1. The molecule has 25 heavy (non-hydrogen) atoms. The van der Waals surface area contributed by atoms with Crippen LogP contribution >= 0.6 is 11.6 Å². The van der Waals surface area contributed by atoms with Gasteiger partial charge in [0.15, 0.2) is 0 Å². The summed E-state index contributed by atoms with van der Waals surface area (Å²) in [5.41, 5.74) is 7.79. The second-order valence-corrected chi connectivity index (χ2v) is 7.48. The van der Waals surface area contributed by atoms with E-state index in [2.05, 4.69) is 11.8 Å². The highest BCUT2D eigenvalue weighted by Gasteiger charge is 2.32. The number of halogens is 1. The monoisotopic (exact) mass is 366 g/mol. The van der Waals surface area contributed by atoms with Crippen molar-refractivity contribution < 1.29 is 14.3 Å².